The van der Waals surface area contributed by atoms with Gasteiger partial charge in [-0.3, -0.25) is 5.43 Å². The van der Waals surface area contributed by atoms with E-state index in [4.69, 9.17) is 23.2 Å². The SMILES string of the molecule is Cc1cc(N/N=C\c2cc(Cl)cc(Cl)c2O)nc(NCc2ccccc2)n1. The van der Waals surface area contributed by atoms with Crippen molar-refractivity contribution in [3.8, 4) is 5.75 Å². The van der Waals surface area contributed by atoms with E-state index in [9.17, 15) is 5.11 Å². The van der Waals surface area contributed by atoms with Crippen molar-refractivity contribution in [1.82, 2.24) is 9.97 Å². The summed E-state index contributed by atoms with van der Waals surface area (Å²) in [7, 11) is 0. The van der Waals surface area contributed by atoms with Gasteiger partial charge in [0.2, 0.25) is 5.95 Å². The van der Waals surface area contributed by atoms with Gasteiger partial charge >= 0.3 is 0 Å². The summed E-state index contributed by atoms with van der Waals surface area (Å²) in [5.41, 5.74) is 5.13. The highest BCUT2D eigenvalue weighted by Crippen LogP contribution is 2.30. The van der Waals surface area contributed by atoms with Crippen LogP contribution in [0.15, 0.2) is 53.6 Å². The Bertz CT molecular complexity index is 964. The van der Waals surface area contributed by atoms with E-state index in [1.165, 1.54) is 12.3 Å². The number of rotatable bonds is 6. The number of aromatic nitrogens is 2. The molecule has 3 N–H and O–H groups in total. The van der Waals surface area contributed by atoms with Gasteiger partial charge in [0.25, 0.3) is 0 Å². The van der Waals surface area contributed by atoms with Gasteiger partial charge in [-0.25, -0.2) is 4.98 Å². The molecule has 138 valence electrons. The third kappa shape index (κ3) is 5.32. The number of aromatic hydroxyl groups is 1. The fraction of sp³-hybridized carbons (Fsp3) is 0.105. The molecule has 8 heteroatoms. The number of phenols is 1. The maximum Gasteiger partial charge on any atom is 0.225 e. The fourth-order valence-electron chi connectivity index (χ4n) is 2.33. The molecule has 1 aromatic heterocycles. The van der Waals surface area contributed by atoms with E-state index >= 15 is 0 Å². The molecule has 0 atom stereocenters. The van der Waals surface area contributed by atoms with Crippen molar-refractivity contribution in [3.05, 3.63) is 75.4 Å². The molecule has 1 heterocycles. The van der Waals surface area contributed by atoms with Crippen molar-refractivity contribution in [2.45, 2.75) is 13.5 Å². The lowest BCUT2D eigenvalue weighted by Crippen LogP contribution is -2.06. The molecule has 0 saturated carbocycles. The molecule has 0 amide bonds. The number of aryl methyl sites for hydroxylation is 1. The highest BCUT2D eigenvalue weighted by atomic mass is 35.5. The number of nitrogens with zero attached hydrogens (tertiary/aromatic N) is 3. The average molecular weight is 402 g/mol. The van der Waals surface area contributed by atoms with Crippen LogP contribution in [0.3, 0.4) is 0 Å². The minimum Gasteiger partial charge on any atom is -0.506 e. The van der Waals surface area contributed by atoms with Crippen LogP contribution in [0.1, 0.15) is 16.8 Å². The smallest absolute Gasteiger partial charge is 0.225 e. The topological polar surface area (TPSA) is 82.4 Å². The quantitative estimate of drug-likeness (QED) is 0.405. The second kappa shape index (κ2) is 8.70. The largest absolute Gasteiger partial charge is 0.506 e. The van der Waals surface area contributed by atoms with Crippen LogP contribution in [0.2, 0.25) is 10.0 Å². The zero-order valence-corrected chi connectivity index (χ0v) is 16.0. The number of hydrazone groups is 1. The number of nitrogens with one attached hydrogen (secondary N) is 2. The normalized spacial score (nSPS) is 10.9. The van der Waals surface area contributed by atoms with Crippen LogP contribution in [-0.2, 0) is 6.54 Å². The molecule has 0 radical (unpaired) electrons. The van der Waals surface area contributed by atoms with Crippen molar-refractivity contribution < 1.29 is 5.11 Å². The number of benzene rings is 2. The minimum atomic E-state index is -0.0873. The number of halogens is 2. The van der Waals surface area contributed by atoms with Gasteiger partial charge in [-0.05, 0) is 24.6 Å². The van der Waals surface area contributed by atoms with E-state index in [-0.39, 0.29) is 10.8 Å². The lowest BCUT2D eigenvalue weighted by Gasteiger charge is -2.08. The van der Waals surface area contributed by atoms with Crippen molar-refractivity contribution in [3.63, 3.8) is 0 Å². The molecule has 0 aliphatic heterocycles. The predicted molar refractivity (Wildman–Crippen MR) is 110 cm³/mol. The molecule has 0 spiro atoms. The Kier molecular flexibility index (Phi) is 6.11. The van der Waals surface area contributed by atoms with Crippen molar-refractivity contribution in [2.24, 2.45) is 5.10 Å². The molecular formula is C19H17Cl2N5O. The van der Waals surface area contributed by atoms with Gasteiger partial charge in [0, 0.05) is 28.9 Å². The van der Waals surface area contributed by atoms with Gasteiger partial charge in [-0.15, -0.1) is 0 Å². The van der Waals surface area contributed by atoms with E-state index in [1.54, 1.807) is 12.1 Å². The van der Waals surface area contributed by atoms with E-state index in [1.807, 2.05) is 37.3 Å². The molecule has 0 aliphatic rings. The average Bonchev–Trinajstić information content (AvgIpc) is 2.64. The zero-order chi connectivity index (χ0) is 19.2. The van der Waals surface area contributed by atoms with E-state index in [2.05, 4.69) is 25.8 Å². The standard InChI is InChI=1S/C19H17Cl2N5O/c1-12-7-17(25-19(24-12)22-10-13-5-3-2-4-6-13)26-23-11-14-8-15(20)9-16(21)18(14)27/h2-9,11,27H,10H2,1H3,(H2,22,24,25,26)/b23-11-. The summed E-state index contributed by atoms with van der Waals surface area (Å²) >= 11 is 11.8. The molecule has 3 rings (SSSR count). The molecule has 2 aromatic carbocycles. The second-order valence-electron chi connectivity index (χ2n) is 5.75. The molecule has 3 aromatic rings. The first-order chi connectivity index (χ1) is 13.0. The third-order valence-corrected chi connectivity index (χ3v) is 4.09. The van der Waals surface area contributed by atoms with Crippen molar-refractivity contribution in [2.75, 3.05) is 10.7 Å². The van der Waals surface area contributed by atoms with Crippen LogP contribution in [-0.4, -0.2) is 21.3 Å². The lowest BCUT2D eigenvalue weighted by molar-refractivity contribution is 0.475. The maximum atomic E-state index is 9.94. The van der Waals surface area contributed by atoms with E-state index < -0.39 is 0 Å². The summed E-state index contributed by atoms with van der Waals surface area (Å²) in [6.07, 6.45) is 1.42. The van der Waals surface area contributed by atoms with Crippen LogP contribution in [0.5, 0.6) is 5.75 Å². The number of phenolic OH excluding ortho intramolecular Hbond substituents is 1. The number of hydrogen-bond acceptors (Lipinski definition) is 6. The summed E-state index contributed by atoms with van der Waals surface area (Å²) in [5, 5.41) is 17.8. The van der Waals surface area contributed by atoms with Crippen LogP contribution in [0.25, 0.3) is 0 Å². The molecule has 27 heavy (non-hydrogen) atoms. The molecule has 0 aliphatic carbocycles. The van der Waals surface area contributed by atoms with Crippen LogP contribution < -0.4 is 10.7 Å². The maximum absolute atomic E-state index is 9.94. The Morgan fingerprint density at radius 2 is 1.89 bits per heavy atom. The summed E-state index contributed by atoms with van der Waals surface area (Å²) in [6, 6.07) is 14.8. The number of anilines is 2. The first-order valence-corrected chi connectivity index (χ1v) is 8.87. The van der Waals surface area contributed by atoms with Gasteiger partial charge < -0.3 is 10.4 Å². The van der Waals surface area contributed by atoms with Gasteiger partial charge in [0.15, 0.2) is 5.82 Å². The van der Waals surface area contributed by atoms with Crippen LogP contribution in [0.4, 0.5) is 11.8 Å². The summed E-state index contributed by atoms with van der Waals surface area (Å²) in [6.45, 7) is 2.48. The van der Waals surface area contributed by atoms with Crippen molar-refractivity contribution in [1.29, 1.82) is 0 Å². The van der Waals surface area contributed by atoms with Crippen molar-refractivity contribution >= 4 is 41.2 Å². The van der Waals surface area contributed by atoms with Gasteiger partial charge in [0.05, 0.1) is 11.2 Å². The summed E-state index contributed by atoms with van der Waals surface area (Å²) in [5.74, 6) is 0.919. The Hall–Kier alpha value is -2.83. The highest BCUT2D eigenvalue weighted by Gasteiger charge is 2.06. The Morgan fingerprint density at radius 1 is 1.11 bits per heavy atom. The van der Waals surface area contributed by atoms with Gasteiger partial charge in [0.1, 0.15) is 5.75 Å². The Balaban J connectivity index is 1.69. The van der Waals surface area contributed by atoms with Gasteiger partial charge in [-0.2, -0.15) is 10.1 Å². The molecule has 0 saturated heterocycles. The fourth-order valence-corrected chi connectivity index (χ4v) is 2.84. The summed E-state index contributed by atoms with van der Waals surface area (Å²) < 4.78 is 0. The molecule has 0 bridgehead atoms. The first-order valence-electron chi connectivity index (χ1n) is 8.12. The van der Waals surface area contributed by atoms with E-state index in [0.717, 1.165) is 11.3 Å². The zero-order valence-electron chi connectivity index (χ0n) is 14.4. The molecule has 0 unspecified atom stereocenters. The number of hydrogen-bond donors (Lipinski definition) is 3. The minimum absolute atomic E-state index is 0.0873. The molecular weight excluding hydrogens is 385 g/mol. The monoisotopic (exact) mass is 401 g/mol. The second-order valence-corrected chi connectivity index (χ2v) is 6.60. The highest BCUT2D eigenvalue weighted by molar-refractivity contribution is 6.36. The van der Waals surface area contributed by atoms with E-state index in [0.29, 0.717) is 28.9 Å². The summed E-state index contributed by atoms with van der Waals surface area (Å²) in [4.78, 5) is 8.74. The predicted octanol–water partition coefficient (Wildman–Crippen LogP) is 4.86. The third-order valence-electron chi connectivity index (χ3n) is 3.59. The Morgan fingerprint density at radius 3 is 2.67 bits per heavy atom. The van der Waals surface area contributed by atoms with Crippen LogP contribution >= 0.6 is 23.2 Å². The molecule has 6 nitrogen and oxygen atoms in total. The van der Waals surface area contributed by atoms with Gasteiger partial charge in [-0.1, -0.05) is 53.5 Å². The molecule has 0 fully saturated rings. The Labute approximate surface area is 166 Å². The lowest BCUT2D eigenvalue weighted by atomic mass is 10.2. The first kappa shape index (κ1) is 18.9. The van der Waals surface area contributed by atoms with Crippen LogP contribution in [0, 0.1) is 6.92 Å².